The van der Waals surface area contributed by atoms with Gasteiger partial charge in [-0.1, -0.05) is 6.92 Å². The lowest BCUT2D eigenvalue weighted by molar-refractivity contribution is 0.458. The lowest BCUT2D eigenvalue weighted by Gasteiger charge is -2.07. The molecule has 0 unspecified atom stereocenters. The number of thioether (sulfide) groups is 1. The number of hydrogen-bond donors (Lipinski definition) is 1. The molecule has 0 bridgehead atoms. The molecular weight excluding hydrogens is 258 g/mol. The standard InChI is InChI=1S/C14H17N3OS/c1-3-4-13-16-12(15)9-14(17-13)18-10-5-7-11(19-2)8-6-10/h5-9H,3-4H2,1-2H3,(H2,15,16,17). The maximum absolute atomic E-state index is 5.75. The lowest BCUT2D eigenvalue weighted by Crippen LogP contribution is -2.01. The molecule has 1 aromatic heterocycles. The van der Waals surface area contributed by atoms with Crippen molar-refractivity contribution in [3.05, 3.63) is 36.2 Å². The van der Waals surface area contributed by atoms with Crippen molar-refractivity contribution in [2.45, 2.75) is 24.7 Å². The highest BCUT2D eigenvalue weighted by molar-refractivity contribution is 7.98. The molecule has 0 atom stereocenters. The van der Waals surface area contributed by atoms with Gasteiger partial charge in [0.25, 0.3) is 0 Å². The van der Waals surface area contributed by atoms with E-state index < -0.39 is 0 Å². The summed E-state index contributed by atoms with van der Waals surface area (Å²) in [5.41, 5.74) is 5.75. The van der Waals surface area contributed by atoms with Crippen LogP contribution >= 0.6 is 11.8 Å². The van der Waals surface area contributed by atoms with Gasteiger partial charge >= 0.3 is 0 Å². The number of nitrogens with two attached hydrogens (primary N) is 1. The number of nitrogens with zero attached hydrogens (tertiary/aromatic N) is 2. The number of benzene rings is 1. The maximum atomic E-state index is 5.75. The van der Waals surface area contributed by atoms with Crippen molar-refractivity contribution < 1.29 is 4.74 Å². The van der Waals surface area contributed by atoms with Crippen molar-refractivity contribution in [3.63, 3.8) is 0 Å². The molecule has 0 amide bonds. The van der Waals surface area contributed by atoms with Crippen LogP contribution in [0.2, 0.25) is 0 Å². The fraction of sp³-hybridized carbons (Fsp3) is 0.286. The first-order chi connectivity index (χ1) is 9.21. The summed E-state index contributed by atoms with van der Waals surface area (Å²) in [6, 6.07) is 9.50. The second kappa shape index (κ2) is 6.43. The van der Waals surface area contributed by atoms with Crippen LogP contribution in [0.4, 0.5) is 5.82 Å². The number of aromatic nitrogens is 2. The average Bonchev–Trinajstić information content (AvgIpc) is 2.39. The van der Waals surface area contributed by atoms with E-state index in [1.165, 1.54) is 4.90 Å². The van der Waals surface area contributed by atoms with Gasteiger partial charge in [0.15, 0.2) is 0 Å². The zero-order chi connectivity index (χ0) is 13.7. The fourth-order valence-electron chi connectivity index (χ4n) is 1.64. The molecule has 0 spiro atoms. The van der Waals surface area contributed by atoms with E-state index in [4.69, 9.17) is 10.5 Å². The van der Waals surface area contributed by atoms with E-state index in [9.17, 15) is 0 Å². The molecule has 0 aliphatic carbocycles. The summed E-state index contributed by atoms with van der Waals surface area (Å²) in [6.45, 7) is 2.08. The van der Waals surface area contributed by atoms with Crippen LogP contribution in [0.5, 0.6) is 11.6 Å². The number of nitrogen functional groups attached to an aromatic ring is 1. The van der Waals surface area contributed by atoms with Gasteiger partial charge in [0.2, 0.25) is 5.88 Å². The molecule has 0 fully saturated rings. The van der Waals surface area contributed by atoms with Gasteiger partial charge in [-0.3, -0.25) is 0 Å². The van der Waals surface area contributed by atoms with E-state index in [0.717, 1.165) is 24.4 Å². The topological polar surface area (TPSA) is 61.0 Å². The van der Waals surface area contributed by atoms with Crippen LogP contribution in [0.3, 0.4) is 0 Å². The van der Waals surface area contributed by atoms with Gasteiger partial charge in [0, 0.05) is 17.4 Å². The molecule has 0 saturated heterocycles. The van der Waals surface area contributed by atoms with Gasteiger partial charge in [-0.05, 0) is 36.9 Å². The Kier molecular flexibility index (Phi) is 4.63. The highest BCUT2D eigenvalue weighted by Crippen LogP contribution is 2.24. The van der Waals surface area contributed by atoms with Crippen molar-refractivity contribution in [2.75, 3.05) is 12.0 Å². The molecule has 19 heavy (non-hydrogen) atoms. The first-order valence-corrected chi connectivity index (χ1v) is 7.39. The molecule has 0 aliphatic heterocycles. The summed E-state index contributed by atoms with van der Waals surface area (Å²) in [5, 5.41) is 0. The first kappa shape index (κ1) is 13.7. The molecule has 100 valence electrons. The van der Waals surface area contributed by atoms with Crippen LogP contribution in [0.1, 0.15) is 19.2 Å². The first-order valence-electron chi connectivity index (χ1n) is 6.16. The maximum Gasteiger partial charge on any atom is 0.224 e. The van der Waals surface area contributed by atoms with Gasteiger partial charge in [0.05, 0.1) is 0 Å². The Morgan fingerprint density at radius 2 is 1.95 bits per heavy atom. The van der Waals surface area contributed by atoms with Crippen LogP contribution in [0, 0.1) is 0 Å². The highest BCUT2D eigenvalue weighted by atomic mass is 32.2. The number of hydrogen-bond acceptors (Lipinski definition) is 5. The average molecular weight is 275 g/mol. The minimum atomic E-state index is 0.439. The molecule has 2 N–H and O–H groups in total. The molecule has 0 saturated carbocycles. The number of ether oxygens (including phenoxy) is 1. The molecule has 4 nitrogen and oxygen atoms in total. The van der Waals surface area contributed by atoms with E-state index in [1.54, 1.807) is 17.8 Å². The van der Waals surface area contributed by atoms with E-state index in [1.807, 2.05) is 30.5 Å². The third-order valence-electron chi connectivity index (χ3n) is 2.52. The molecule has 1 heterocycles. The van der Waals surface area contributed by atoms with Gasteiger partial charge < -0.3 is 10.5 Å². The fourth-order valence-corrected chi connectivity index (χ4v) is 2.05. The molecular formula is C14H17N3OS. The molecule has 1 aromatic carbocycles. The quantitative estimate of drug-likeness (QED) is 0.846. The van der Waals surface area contributed by atoms with Crippen molar-refractivity contribution in [1.82, 2.24) is 9.97 Å². The highest BCUT2D eigenvalue weighted by Gasteiger charge is 2.04. The third kappa shape index (κ3) is 3.86. The Hall–Kier alpha value is -1.75. The van der Waals surface area contributed by atoms with Crippen LogP contribution in [-0.2, 0) is 6.42 Å². The van der Waals surface area contributed by atoms with Crippen molar-refractivity contribution >= 4 is 17.6 Å². The SMILES string of the molecule is CCCc1nc(N)cc(Oc2ccc(SC)cc2)n1. The van der Waals surface area contributed by atoms with Crippen molar-refractivity contribution in [2.24, 2.45) is 0 Å². The Morgan fingerprint density at radius 1 is 1.21 bits per heavy atom. The monoisotopic (exact) mass is 275 g/mol. The van der Waals surface area contributed by atoms with Crippen molar-refractivity contribution in [3.8, 4) is 11.6 Å². The minimum absolute atomic E-state index is 0.439. The summed E-state index contributed by atoms with van der Waals surface area (Å²) in [5.74, 6) is 2.40. The zero-order valence-electron chi connectivity index (χ0n) is 11.1. The third-order valence-corrected chi connectivity index (χ3v) is 3.27. The lowest BCUT2D eigenvalue weighted by atomic mass is 10.3. The van der Waals surface area contributed by atoms with Crippen LogP contribution in [0.25, 0.3) is 0 Å². The molecule has 0 radical (unpaired) electrons. The Labute approximate surface area is 117 Å². The predicted octanol–water partition coefficient (Wildman–Crippen LogP) is 3.53. The molecule has 5 heteroatoms. The summed E-state index contributed by atoms with van der Waals surface area (Å²) >= 11 is 1.69. The number of anilines is 1. The van der Waals surface area contributed by atoms with E-state index in [-0.39, 0.29) is 0 Å². The van der Waals surface area contributed by atoms with Gasteiger partial charge in [-0.2, -0.15) is 4.98 Å². The summed E-state index contributed by atoms with van der Waals surface area (Å²) in [6.07, 6.45) is 3.82. The summed E-state index contributed by atoms with van der Waals surface area (Å²) in [7, 11) is 0. The van der Waals surface area contributed by atoms with Crippen LogP contribution < -0.4 is 10.5 Å². The number of aryl methyl sites for hydroxylation is 1. The van der Waals surface area contributed by atoms with Crippen molar-refractivity contribution in [1.29, 1.82) is 0 Å². The van der Waals surface area contributed by atoms with Gasteiger partial charge in [-0.25, -0.2) is 4.98 Å². The second-order valence-electron chi connectivity index (χ2n) is 4.07. The number of rotatable bonds is 5. The van der Waals surface area contributed by atoms with E-state index in [0.29, 0.717) is 11.7 Å². The molecule has 2 rings (SSSR count). The van der Waals surface area contributed by atoms with E-state index in [2.05, 4.69) is 16.9 Å². The molecule has 0 aliphatic rings. The van der Waals surface area contributed by atoms with Crippen LogP contribution in [0.15, 0.2) is 35.2 Å². The Balaban J connectivity index is 2.17. The largest absolute Gasteiger partial charge is 0.439 e. The van der Waals surface area contributed by atoms with Gasteiger partial charge in [0.1, 0.15) is 17.4 Å². The predicted molar refractivity (Wildman–Crippen MR) is 78.7 cm³/mol. The van der Waals surface area contributed by atoms with Crippen LogP contribution in [-0.4, -0.2) is 16.2 Å². The molecule has 2 aromatic rings. The minimum Gasteiger partial charge on any atom is -0.439 e. The Morgan fingerprint density at radius 3 is 2.58 bits per heavy atom. The smallest absolute Gasteiger partial charge is 0.224 e. The normalized spacial score (nSPS) is 10.4. The van der Waals surface area contributed by atoms with E-state index >= 15 is 0 Å². The zero-order valence-corrected chi connectivity index (χ0v) is 11.9. The summed E-state index contributed by atoms with van der Waals surface area (Å²) in [4.78, 5) is 9.71. The second-order valence-corrected chi connectivity index (χ2v) is 4.95. The Bertz CT molecular complexity index is 543. The van der Waals surface area contributed by atoms with Gasteiger partial charge in [-0.15, -0.1) is 11.8 Å². The summed E-state index contributed by atoms with van der Waals surface area (Å²) < 4.78 is 5.71.